The molecule has 0 spiro atoms. The molecule has 0 atom stereocenters. The van der Waals surface area contributed by atoms with E-state index in [0.29, 0.717) is 17.9 Å². The first-order valence-electron chi connectivity index (χ1n) is 6.26. The van der Waals surface area contributed by atoms with Crippen LogP contribution in [0.4, 0.5) is 0 Å². The third kappa shape index (κ3) is 2.71. The van der Waals surface area contributed by atoms with E-state index in [-0.39, 0.29) is 10.8 Å². The molecule has 3 aromatic rings. The van der Waals surface area contributed by atoms with Gasteiger partial charge in [0, 0.05) is 6.26 Å². The van der Waals surface area contributed by atoms with Crippen molar-refractivity contribution in [3.8, 4) is 0 Å². The SMILES string of the molecule is CS(=O)(=O)c1cccc2c1nc(CCl)n2Cc1ccsc1. The lowest BCUT2D eigenvalue weighted by Crippen LogP contribution is -2.03. The van der Waals surface area contributed by atoms with E-state index in [9.17, 15) is 8.42 Å². The average molecular weight is 341 g/mol. The van der Waals surface area contributed by atoms with Crippen molar-refractivity contribution in [1.82, 2.24) is 9.55 Å². The number of hydrogen-bond acceptors (Lipinski definition) is 4. The zero-order chi connectivity index (χ0) is 15.0. The Morgan fingerprint density at radius 1 is 1.33 bits per heavy atom. The van der Waals surface area contributed by atoms with Crippen molar-refractivity contribution in [3.05, 3.63) is 46.4 Å². The Hall–Kier alpha value is -1.37. The minimum atomic E-state index is -3.32. The van der Waals surface area contributed by atoms with Crippen molar-refractivity contribution in [2.45, 2.75) is 17.3 Å². The van der Waals surface area contributed by atoms with Gasteiger partial charge in [-0.2, -0.15) is 11.3 Å². The highest BCUT2D eigenvalue weighted by molar-refractivity contribution is 7.91. The first-order chi connectivity index (χ1) is 10.0. The molecule has 0 aliphatic carbocycles. The highest BCUT2D eigenvalue weighted by Crippen LogP contribution is 2.25. The van der Waals surface area contributed by atoms with Crippen molar-refractivity contribution in [1.29, 1.82) is 0 Å². The second-order valence-electron chi connectivity index (χ2n) is 4.78. The molecule has 0 saturated heterocycles. The van der Waals surface area contributed by atoms with Gasteiger partial charge in [0.05, 0.1) is 22.8 Å². The maximum Gasteiger partial charge on any atom is 0.177 e. The molecule has 2 heterocycles. The van der Waals surface area contributed by atoms with Gasteiger partial charge in [-0.15, -0.1) is 11.6 Å². The molecule has 4 nitrogen and oxygen atoms in total. The molecule has 0 aliphatic rings. The molecule has 1 aromatic carbocycles. The van der Waals surface area contributed by atoms with E-state index in [2.05, 4.69) is 10.4 Å². The fraction of sp³-hybridized carbons (Fsp3) is 0.214. The number of benzene rings is 1. The highest BCUT2D eigenvalue weighted by Gasteiger charge is 2.18. The number of halogens is 1. The fourth-order valence-electron chi connectivity index (χ4n) is 2.31. The second-order valence-corrected chi connectivity index (χ2v) is 7.81. The third-order valence-corrected chi connectivity index (χ3v) is 5.36. The monoisotopic (exact) mass is 340 g/mol. The summed E-state index contributed by atoms with van der Waals surface area (Å²) in [5, 5.41) is 4.07. The summed E-state index contributed by atoms with van der Waals surface area (Å²) in [6.45, 7) is 0.634. The zero-order valence-electron chi connectivity index (χ0n) is 11.3. The Morgan fingerprint density at radius 2 is 2.14 bits per heavy atom. The van der Waals surface area contributed by atoms with Crippen LogP contribution in [0.15, 0.2) is 39.9 Å². The number of fused-ring (bicyclic) bond motifs is 1. The van der Waals surface area contributed by atoms with Gasteiger partial charge >= 0.3 is 0 Å². The summed E-state index contributed by atoms with van der Waals surface area (Å²) in [5.74, 6) is 0.913. The van der Waals surface area contributed by atoms with E-state index < -0.39 is 9.84 Å². The molecule has 0 radical (unpaired) electrons. The van der Waals surface area contributed by atoms with Gasteiger partial charge in [0.2, 0.25) is 0 Å². The quantitative estimate of drug-likeness (QED) is 0.685. The number of thiophene rings is 1. The normalized spacial score (nSPS) is 12.1. The largest absolute Gasteiger partial charge is 0.322 e. The number of nitrogens with zero attached hydrogens (tertiary/aromatic N) is 2. The Balaban J connectivity index is 2.24. The van der Waals surface area contributed by atoms with E-state index in [1.807, 2.05) is 22.1 Å². The van der Waals surface area contributed by atoms with Crippen molar-refractivity contribution >= 4 is 43.8 Å². The van der Waals surface area contributed by atoms with Crippen LogP contribution in [0.25, 0.3) is 11.0 Å². The van der Waals surface area contributed by atoms with Gasteiger partial charge in [0.1, 0.15) is 11.3 Å². The zero-order valence-corrected chi connectivity index (χ0v) is 13.7. The maximum absolute atomic E-state index is 11.9. The molecule has 0 saturated carbocycles. The fourth-order valence-corrected chi connectivity index (χ4v) is 4.00. The van der Waals surface area contributed by atoms with Crippen LogP contribution in [-0.2, 0) is 22.3 Å². The lowest BCUT2D eigenvalue weighted by molar-refractivity contribution is 0.602. The van der Waals surface area contributed by atoms with Crippen LogP contribution in [0, 0.1) is 0 Å². The van der Waals surface area contributed by atoms with E-state index in [1.165, 1.54) is 6.26 Å². The summed E-state index contributed by atoms with van der Waals surface area (Å²) in [4.78, 5) is 4.68. The highest BCUT2D eigenvalue weighted by atomic mass is 35.5. The van der Waals surface area contributed by atoms with Crippen LogP contribution < -0.4 is 0 Å². The van der Waals surface area contributed by atoms with E-state index in [0.717, 1.165) is 11.1 Å². The molecule has 110 valence electrons. The van der Waals surface area contributed by atoms with Crippen LogP contribution in [0.1, 0.15) is 11.4 Å². The second kappa shape index (κ2) is 5.44. The van der Waals surface area contributed by atoms with Gasteiger partial charge < -0.3 is 4.57 Å². The van der Waals surface area contributed by atoms with Gasteiger partial charge in [0.15, 0.2) is 9.84 Å². The molecule has 7 heteroatoms. The number of imidazole rings is 1. The smallest absolute Gasteiger partial charge is 0.177 e. The van der Waals surface area contributed by atoms with Gasteiger partial charge in [-0.1, -0.05) is 6.07 Å². The average Bonchev–Trinajstić information content (AvgIpc) is 3.05. The minimum Gasteiger partial charge on any atom is -0.322 e. The molecule has 21 heavy (non-hydrogen) atoms. The number of alkyl halides is 1. The molecule has 0 aliphatic heterocycles. The standard InChI is InChI=1S/C14H13ClN2O2S2/c1-21(18,19)12-4-2-3-11-14(12)16-13(7-15)17(11)8-10-5-6-20-9-10/h2-6,9H,7-8H2,1H3. The molecular weight excluding hydrogens is 328 g/mol. The number of hydrogen-bond donors (Lipinski definition) is 0. The van der Waals surface area contributed by atoms with Crippen LogP contribution in [0.5, 0.6) is 0 Å². The summed E-state index contributed by atoms with van der Waals surface area (Å²) >= 11 is 7.61. The first kappa shape index (κ1) is 14.6. The Bertz CT molecular complexity index is 883. The van der Waals surface area contributed by atoms with E-state index >= 15 is 0 Å². The van der Waals surface area contributed by atoms with Crippen LogP contribution in [-0.4, -0.2) is 24.2 Å². The predicted molar refractivity (Wildman–Crippen MR) is 85.8 cm³/mol. The number of rotatable bonds is 4. The Morgan fingerprint density at radius 3 is 2.76 bits per heavy atom. The summed E-state index contributed by atoms with van der Waals surface area (Å²) in [5.41, 5.74) is 2.43. The predicted octanol–water partition coefficient (Wildman–Crippen LogP) is 3.29. The van der Waals surface area contributed by atoms with Crippen molar-refractivity contribution in [2.24, 2.45) is 0 Å². The van der Waals surface area contributed by atoms with Crippen molar-refractivity contribution in [2.75, 3.05) is 6.26 Å². The lowest BCUT2D eigenvalue weighted by Gasteiger charge is -2.06. The third-order valence-electron chi connectivity index (χ3n) is 3.26. The number of para-hydroxylation sites is 1. The van der Waals surface area contributed by atoms with Crippen LogP contribution >= 0.6 is 22.9 Å². The molecular formula is C14H13ClN2O2S2. The van der Waals surface area contributed by atoms with Crippen LogP contribution in [0.2, 0.25) is 0 Å². The maximum atomic E-state index is 11.9. The summed E-state index contributed by atoms with van der Waals surface area (Å²) in [6.07, 6.45) is 1.19. The first-order valence-corrected chi connectivity index (χ1v) is 9.63. The molecule has 0 amide bonds. The molecule has 0 bridgehead atoms. The minimum absolute atomic E-state index is 0.238. The molecule has 0 unspecified atom stereocenters. The summed E-state index contributed by atoms with van der Waals surface area (Å²) in [6, 6.07) is 7.23. The molecule has 3 rings (SSSR count). The van der Waals surface area contributed by atoms with Crippen LogP contribution in [0.3, 0.4) is 0 Å². The lowest BCUT2D eigenvalue weighted by atomic mass is 10.3. The van der Waals surface area contributed by atoms with Gasteiger partial charge in [0.25, 0.3) is 0 Å². The van der Waals surface area contributed by atoms with E-state index in [1.54, 1.807) is 23.5 Å². The molecule has 2 aromatic heterocycles. The molecule has 0 fully saturated rings. The van der Waals surface area contributed by atoms with Gasteiger partial charge in [-0.05, 0) is 34.5 Å². The Labute approximate surface area is 131 Å². The number of sulfone groups is 1. The van der Waals surface area contributed by atoms with Crippen molar-refractivity contribution < 1.29 is 8.42 Å². The number of aromatic nitrogens is 2. The van der Waals surface area contributed by atoms with E-state index in [4.69, 9.17) is 11.6 Å². The molecule has 0 N–H and O–H groups in total. The van der Waals surface area contributed by atoms with Gasteiger partial charge in [-0.25, -0.2) is 13.4 Å². The van der Waals surface area contributed by atoms with Crippen molar-refractivity contribution in [3.63, 3.8) is 0 Å². The summed E-state index contributed by atoms with van der Waals surface area (Å²) in [7, 11) is -3.32. The Kier molecular flexibility index (Phi) is 3.77. The summed E-state index contributed by atoms with van der Waals surface area (Å²) < 4.78 is 25.8. The topological polar surface area (TPSA) is 52.0 Å². The van der Waals surface area contributed by atoms with Gasteiger partial charge in [-0.3, -0.25) is 0 Å².